The highest BCUT2D eigenvalue weighted by Gasteiger charge is 2.17. The monoisotopic (exact) mass is 238 g/mol. The average Bonchev–Trinajstić information content (AvgIpc) is 2.65. The van der Waals surface area contributed by atoms with Crippen LogP contribution in [-0.2, 0) is 0 Å². The van der Waals surface area contributed by atoms with Crippen molar-refractivity contribution in [3.05, 3.63) is 41.1 Å². The number of nitrogens with one attached hydrogen (secondary N) is 1. The number of H-pyrrole nitrogens is 1. The number of carbonyl (C=O) groups is 1. The van der Waals surface area contributed by atoms with Crippen LogP contribution in [0.2, 0.25) is 0 Å². The number of hydrogen-bond acceptors (Lipinski definition) is 2. The zero-order chi connectivity index (χ0) is 12.6. The van der Waals surface area contributed by atoms with Crippen molar-refractivity contribution in [1.82, 2.24) is 10.2 Å². The van der Waals surface area contributed by atoms with Crippen LogP contribution in [0.5, 0.6) is 0 Å². The Labute approximate surface area is 94.9 Å². The second-order valence-electron chi connectivity index (χ2n) is 3.58. The first-order valence-electron chi connectivity index (χ1n) is 4.73. The maximum Gasteiger partial charge on any atom is 0.353 e. The number of carboxylic acid groups (broad SMARTS) is 1. The maximum atomic E-state index is 13.6. The highest BCUT2D eigenvalue weighted by atomic mass is 19.1. The van der Waals surface area contributed by atoms with Crippen molar-refractivity contribution >= 4 is 5.97 Å². The number of aromatic carboxylic acids is 1. The van der Waals surface area contributed by atoms with E-state index in [-0.39, 0.29) is 17.0 Å². The van der Waals surface area contributed by atoms with E-state index in [2.05, 4.69) is 10.2 Å². The Morgan fingerprint density at radius 1 is 1.29 bits per heavy atom. The lowest BCUT2D eigenvalue weighted by atomic mass is 10.1. The van der Waals surface area contributed by atoms with E-state index in [1.165, 1.54) is 0 Å². The van der Waals surface area contributed by atoms with Gasteiger partial charge < -0.3 is 5.11 Å². The van der Waals surface area contributed by atoms with Crippen LogP contribution in [0.15, 0.2) is 18.2 Å². The summed E-state index contributed by atoms with van der Waals surface area (Å²) in [5, 5.41) is 14.4. The minimum absolute atomic E-state index is 0.0719. The van der Waals surface area contributed by atoms with Gasteiger partial charge in [-0.15, -0.1) is 0 Å². The van der Waals surface area contributed by atoms with Gasteiger partial charge in [0.2, 0.25) is 0 Å². The molecule has 17 heavy (non-hydrogen) atoms. The summed E-state index contributed by atoms with van der Waals surface area (Å²) in [5.74, 6) is -2.78. The van der Waals surface area contributed by atoms with Crippen LogP contribution in [0.3, 0.4) is 0 Å². The van der Waals surface area contributed by atoms with E-state index in [1.54, 1.807) is 6.92 Å². The number of halogens is 2. The van der Waals surface area contributed by atoms with E-state index in [1.807, 2.05) is 0 Å². The molecule has 0 radical (unpaired) electrons. The van der Waals surface area contributed by atoms with Gasteiger partial charge in [0.1, 0.15) is 17.3 Å². The summed E-state index contributed by atoms with van der Waals surface area (Å²) >= 11 is 0. The zero-order valence-corrected chi connectivity index (χ0v) is 8.79. The van der Waals surface area contributed by atoms with Gasteiger partial charge in [-0.2, -0.15) is 5.10 Å². The number of aromatic amines is 1. The van der Waals surface area contributed by atoms with Crippen LogP contribution in [0, 0.1) is 18.6 Å². The Morgan fingerprint density at radius 3 is 2.35 bits per heavy atom. The molecule has 0 atom stereocenters. The fraction of sp³-hybridized carbons (Fsp3) is 0.0909. The third-order valence-corrected chi connectivity index (χ3v) is 2.25. The summed E-state index contributed by atoms with van der Waals surface area (Å²) in [6.07, 6.45) is 0. The van der Waals surface area contributed by atoms with Crippen LogP contribution in [-0.4, -0.2) is 21.3 Å². The number of hydrogen-bond donors (Lipinski definition) is 2. The first-order valence-corrected chi connectivity index (χ1v) is 4.73. The molecule has 0 aliphatic carbocycles. The maximum absolute atomic E-state index is 13.6. The third-order valence-electron chi connectivity index (χ3n) is 2.25. The van der Waals surface area contributed by atoms with Gasteiger partial charge in [-0.05, 0) is 30.7 Å². The van der Waals surface area contributed by atoms with Crippen molar-refractivity contribution in [1.29, 1.82) is 0 Å². The number of aromatic nitrogens is 2. The van der Waals surface area contributed by atoms with E-state index >= 15 is 0 Å². The fourth-order valence-electron chi connectivity index (χ4n) is 1.50. The molecule has 1 heterocycles. The van der Waals surface area contributed by atoms with Gasteiger partial charge in [-0.3, -0.25) is 5.10 Å². The SMILES string of the molecule is Cc1cc(F)c(-c2cc(C(=O)O)[nH]n2)c(F)c1. The number of nitrogens with zero attached hydrogens (tertiary/aromatic N) is 1. The Kier molecular flexibility index (Phi) is 2.63. The molecule has 2 rings (SSSR count). The molecule has 2 N–H and O–H groups in total. The molecule has 0 bridgehead atoms. The van der Waals surface area contributed by atoms with Crippen molar-refractivity contribution in [2.75, 3.05) is 0 Å². The standard InChI is InChI=1S/C11H8F2N2O2/c1-5-2-6(12)10(7(13)3-5)8-4-9(11(16)17)15-14-8/h2-4H,1H3,(H,14,15)(H,16,17). The molecule has 2 aromatic rings. The molecule has 0 saturated heterocycles. The van der Waals surface area contributed by atoms with Crippen molar-refractivity contribution < 1.29 is 18.7 Å². The van der Waals surface area contributed by atoms with Gasteiger partial charge in [-0.25, -0.2) is 13.6 Å². The lowest BCUT2D eigenvalue weighted by Gasteiger charge is -2.02. The van der Waals surface area contributed by atoms with Crippen LogP contribution in [0.4, 0.5) is 8.78 Å². The molecule has 1 aromatic heterocycles. The summed E-state index contributed by atoms with van der Waals surface area (Å²) in [7, 11) is 0. The first-order chi connectivity index (χ1) is 7.99. The van der Waals surface area contributed by atoms with Crippen LogP contribution in [0.1, 0.15) is 16.1 Å². The third kappa shape index (κ3) is 2.01. The number of benzene rings is 1. The van der Waals surface area contributed by atoms with Gasteiger partial charge in [0.15, 0.2) is 0 Å². The quantitative estimate of drug-likeness (QED) is 0.844. The Bertz CT molecular complexity index is 570. The molecule has 0 amide bonds. The highest BCUT2D eigenvalue weighted by Crippen LogP contribution is 2.25. The fourth-order valence-corrected chi connectivity index (χ4v) is 1.50. The topological polar surface area (TPSA) is 66.0 Å². The normalized spacial score (nSPS) is 10.5. The van der Waals surface area contributed by atoms with Crippen LogP contribution in [0.25, 0.3) is 11.3 Å². The molecule has 4 nitrogen and oxygen atoms in total. The van der Waals surface area contributed by atoms with Crippen molar-refractivity contribution in [3.63, 3.8) is 0 Å². The predicted octanol–water partition coefficient (Wildman–Crippen LogP) is 2.36. The average molecular weight is 238 g/mol. The van der Waals surface area contributed by atoms with Crippen molar-refractivity contribution in [2.45, 2.75) is 6.92 Å². The highest BCUT2D eigenvalue weighted by molar-refractivity contribution is 5.86. The second-order valence-corrected chi connectivity index (χ2v) is 3.58. The van der Waals surface area contributed by atoms with E-state index in [0.29, 0.717) is 5.56 Å². The van der Waals surface area contributed by atoms with E-state index < -0.39 is 17.6 Å². The lowest BCUT2D eigenvalue weighted by molar-refractivity contribution is 0.0690. The molecule has 1 aromatic carbocycles. The minimum Gasteiger partial charge on any atom is -0.477 e. The molecule has 88 valence electrons. The predicted molar refractivity (Wildman–Crippen MR) is 55.6 cm³/mol. The van der Waals surface area contributed by atoms with E-state index in [9.17, 15) is 13.6 Å². The van der Waals surface area contributed by atoms with Gasteiger partial charge >= 0.3 is 5.97 Å². The molecule has 0 spiro atoms. The zero-order valence-electron chi connectivity index (χ0n) is 8.79. The molecule has 6 heteroatoms. The number of carboxylic acids is 1. The van der Waals surface area contributed by atoms with E-state index in [0.717, 1.165) is 18.2 Å². The molecule has 0 unspecified atom stereocenters. The van der Waals surface area contributed by atoms with Crippen LogP contribution >= 0.6 is 0 Å². The molecule has 0 aliphatic rings. The van der Waals surface area contributed by atoms with Gasteiger partial charge in [0.05, 0.1) is 11.3 Å². The summed E-state index contributed by atoms with van der Waals surface area (Å²) in [5.41, 5.74) is -0.186. The Balaban J connectivity index is 2.56. The van der Waals surface area contributed by atoms with Crippen molar-refractivity contribution in [3.8, 4) is 11.3 Å². The summed E-state index contributed by atoms with van der Waals surface area (Å²) in [6.45, 7) is 1.56. The van der Waals surface area contributed by atoms with E-state index in [4.69, 9.17) is 5.11 Å². The number of aryl methyl sites for hydroxylation is 1. The minimum atomic E-state index is -1.24. The van der Waals surface area contributed by atoms with Gasteiger partial charge in [-0.1, -0.05) is 0 Å². The van der Waals surface area contributed by atoms with Gasteiger partial charge in [0, 0.05) is 0 Å². The molecular weight excluding hydrogens is 230 g/mol. The summed E-state index contributed by atoms with van der Waals surface area (Å²) in [4.78, 5) is 10.6. The largest absolute Gasteiger partial charge is 0.477 e. The smallest absolute Gasteiger partial charge is 0.353 e. The second kappa shape index (κ2) is 3.97. The van der Waals surface area contributed by atoms with Crippen molar-refractivity contribution in [2.24, 2.45) is 0 Å². The molecular formula is C11H8F2N2O2. The Hall–Kier alpha value is -2.24. The Morgan fingerprint density at radius 2 is 1.88 bits per heavy atom. The first kappa shape index (κ1) is 11.3. The molecule has 0 fully saturated rings. The lowest BCUT2D eigenvalue weighted by Crippen LogP contribution is -1.95. The number of rotatable bonds is 2. The molecule has 0 saturated carbocycles. The van der Waals surface area contributed by atoms with Gasteiger partial charge in [0.25, 0.3) is 0 Å². The molecule has 0 aliphatic heterocycles. The van der Waals surface area contributed by atoms with Crippen LogP contribution < -0.4 is 0 Å². The summed E-state index contributed by atoms with van der Waals surface area (Å²) in [6, 6.07) is 3.40. The summed E-state index contributed by atoms with van der Waals surface area (Å²) < 4.78 is 27.1.